The summed E-state index contributed by atoms with van der Waals surface area (Å²) in [6.07, 6.45) is 0. The van der Waals surface area contributed by atoms with Crippen LogP contribution in [0.25, 0.3) is 0 Å². The SMILES string of the molecule is CNCCN(CCN)NOOC.NO. The molecule has 8 heteroatoms. The predicted molar refractivity (Wildman–Crippen MR) is 51.8 cm³/mol. The Hall–Kier alpha value is -0.320. The van der Waals surface area contributed by atoms with Gasteiger partial charge in [0.15, 0.2) is 0 Å². The average molecular weight is 211 g/mol. The Morgan fingerprint density at radius 2 is 2.00 bits per heavy atom. The Bertz CT molecular complexity index is 89.5. The van der Waals surface area contributed by atoms with E-state index in [0.29, 0.717) is 13.1 Å². The molecule has 0 saturated carbocycles. The van der Waals surface area contributed by atoms with Gasteiger partial charge in [0.05, 0.1) is 7.11 Å². The minimum absolute atomic E-state index is 0.573. The first-order valence-electron chi connectivity index (χ1n) is 4.16. The number of rotatable bonds is 8. The predicted octanol–water partition coefficient (Wildman–Crippen LogP) is -2.20. The van der Waals surface area contributed by atoms with E-state index in [2.05, 4.69) is 26.7 Å². The van der Waals surface area contributed by atoms with E-state index < -0.39 is 0 Å². The van der Waals surface area contributed by atoms with Gasteiger partial charge in [-0.1, -0.05) is 0 Å². The smallest absolute Gasteiger partial charge is 0.0733 e. The van der Waals surface area contributed by atoms with Crippen molar-refractivity contribution in [3.63, 3.8) is 0 Å². The molecular formula is C6H21N5O3. The summed E-state index contributed by atoms with van der Waals surface area (Å²) >= 11 is 0. The van der Waals surface area contributed by atoms with E-state index in [4.69, 9.17) is 10.9 Å². The maximum atomic E-state index is 6.50. The van der Waals surface area contributed by atoms with Gasteiger partial charge in [0.25, 0.3) is 0 Å². The largest absolute Gasteiger partial charge is 0.329 e. The third-order valence-electron chi connectivity index (χ3n) is 1.28. The lowest BCUT2D eigenvalue weighted by Crippen LogP contribution is -2.44. The number of nitrogens with zero attached hydrogens (tertiary/aromatic N) is 1. The highest BCUT2D eigenvalue weighted by Gasteiger charge is 2.01. The molecule has 0 aliphatic rings. The first-order valence-corrected chi connectivity index (χ1v) is 4.16. The van der Waals surface area contributed by atoms with E-state index in [1.807, 2.05) is 12.1 Å². The third kappa shape index (κ3) is 11.7. The van der Waals surface area contributed by atoms with Crippen LogP contribution in [0.2, 0.25) is 0 Å². The summed E-state index contributed by atoms with van der Waals surface area (Å²) in [5.74, 6) is 3.50. The number of hydrogen-bond donors (Lipinski definition) is 5. The molecule has 0 aliphatic carbocycles. The quantitative estimate of drug-likeness (QED) is 0.227. The number of nitrogens with one attached hydrogen (secondary N) is 2. The summed E-state index contributed by atoms with van der Waals surface area (Å²) in [5.41, 5.74) is 7.97. The van der Waals surface area contributed by atoms with Crippen LogP contribution in [-0.2, 0) is 9.88 Å². The van der Waals surface area contributed by atoms with Crippen molar-refractivity contribution in [2.24, 2.45) is 11.6 Å². The van der Waals surface area contributed by atoms with Crippen LogP contribution in [0.4, 0.5) is 0 Å². The zero-order valence-electron chi connectivity index (χ0n) is 8.69. The lowest BCUT2D eigenvalue weighted by molar-refractivity contribution is -0.353. The van der Waals surface area contributed by atoms with Gasteiger partial charge in [-0.15, -0.1) is 10.6 Å². The topological polar surface area (TPSA) is 118 Å². The van der Waals surface area contributed by atoms with Gasteiger partial charge < -0.3 is 16.3 Å². The number of likely N-dealkylation sites (N-methyl/N-ethyl adjacent to an activating group) is 1. The van der Waals surface area contributed by atoms with Crippen LogP contribution in [0.15, 0.2) is 0 Å². The zero-order chi connectivity index (χ0) is 11.2. The Kier molecular flexibility index (Phi) is 17.5. The van der Waals surface area contributed by atoms with Crippen LogP contribution < -0.4 is 22.5 Å². The molecule has 0 unspecified atom stereocenters. The lowest BCUT2D eigenvalue weighted by Gasteiger charge is -2.19. The third-order valence-corrected chi connectivity index (χ3v) is 1.28. The maximum Gasteiger partial charge on any atom is 0.0733 e. The molecule has 0 amide bonds. The van der Waals surface area contributed by atoms with Crippen molar-refractivity contribution in [1.29, 1.82) is 0 Å². The molecule has 0 aromatic carbocycles. The minimum Gasteiger partial charge on any atom is -0.329 e. The van der Waals surface area contributed by atoms with Gasteiger partial charge in [0, 0.05) is 26.2 Å². The van der Waals surface area contributed by atoms with Gasteiger partial charge >= 0.3 is 0 Å². The molecule has 0 atom stereocenters. The second-order valence-corrected chi connectivity index (χ2v) is 2.22. The molecule has 0 aromatic rings. The molecule has 0 fully saturated rings. The second-order valence-electron chi connectivity index (χ2n) is 2.22. The molecule has 0 spiro atoms. The van der Waals surface area contributed by atoms with Crippen LogP contribution in [0.1, 0.15) is 0 Å². The van der Waals surface area contributed by atoms with Gasteiger partial charge in [-0.2, -0.15) is 0 Å². The molecule has 0 heterocycles. The zero-order valence-corrected chi connectivity index (χ0v) is 8.69. The Morgan fingerprint density at radius 1 is 1.36 bits per heavy atom. The molecule has 0 rings (SSSR count). The van der Waals surface area contributed by atoms with Gasteiger partial charge in [0.1, 0.15) is 0 Å². The van der Waals surface area contributed by atoms with E-state index in [1.54, 1.807) is 0 Å². The van der Waals surface area contributed by atoms with Gasteiger partial charge in [0.2, 0.25) is 0 Å². The van der Waals surface area contributed by atoms with Crippen molar-refractivity contribution in [1.82, 2.24) is 15.9 Å². The van der Waals surface area contributed by atoms with E-state index in [1.165, 1.54) is 7.11 Å². The van der Waals surface area contributed by atoms with Gasteiger partial charge in [-0.3, -0.25) is 0 Å². The molecule has 0 radical (unpaired) electrons. The van der Waals surface area contributed by atoms with Crippen LogP contribution in [-0.4, -0.2) is 50.6 Å². The van der Waals surface area contributed by atoms with E-state index >= 15 is 0 Å². The average Bonchev–Trinajstić information content (AvgIpc) is 2.25. The monoisotopic (exact) mass is 211 g/mol. The molecule has 14 heavy (non-hydrogen) atoms. The highest BCUT2D eigenvalue weighted by molar-refractivity contribution is 4.50. The molecule has 7 N–H and O–H groups in total. The Balaban J connectivity index is 0. The highest BCUT2D eigenvalue weighted by Crippen LogP contribution is 1.79. The van der Waals surface area contributed by atoms with Crippen molar-refractivity contribution in [2.45, 2.75) is 0 Å². The summed E-state index contributed by atoms with van der Waals surface area (Å²) in [6.45, 7) is 2.95. The summed E-state index contributed by atoms with van der Waals surface area (Å²) < 4.78 is 0. The minimum atomic E-state index is 0.573. The maximum absolute atomic E-state index is 6.50. The summed E-state index contributed by atoms with van der Waals surface area (Å²) in [5, 5.41) is 11.3. The number of hydrogen-bond acceptors (Lipinski definition) is 8. The van der Waals surface area contributed by atoms with Crippen molar-refractivity contribution in [2.75, 3.05) is 40.3 Å². The van der Waals surface area contributed by atoms with Crippen molar-refractivity contribution in [3.05, 3.63) is 0 Å². The first-order chi connectivity index (χ1) is 6.85. The fourth-order valence-corrected chi connectivity index (χ4v) is 0.696. The molecule has 0 saturated heterocycles. The van der Waals surface area contributed by atoms with Crippen LogP contribution >= 0.6 is 0 Å². The van der Waals surface area contributed by atoms with Crippen LogP contribution in [0.3, 0.4) is 0 Å². The normalized spacial score (nSPS) is 9.86. The summed E-state index contributed by atoms with van der Waals surface area (Å²) in [6, 6.07) is 0. The highest BCUT2D eigenvalue weighted by atomic mass is 17.3. The van der Waals surface area contributed by atoms with E-state index in [0.717, 1.165) is 13.1 Å². The van der Waals surface area contributed by atoms with Gasteiger partial charge in [-0.05, 0) is 7.05 Å². The molecular weight excluding hydrogens is 190 g/mol. The standard InChI is InChI=1S/C6H18N4O2.H3NO/c1-8-4-6-10(5-3-7)9-12-11-2;1-2/h8-9H,3-7H2,1-2H3;2H,1H2. The van der Waals surface area contributed by atoms with Crippen LogP contribution in [0.5, 0.6) is 0 Å². The Labute approximate surface area is 83.9 Å². The van der Waals surface area contributed by atoms with Crippen molar-refractivity contribution < 1.29 is 15.1 Å². The molecule has 0 aromatic heterocycles. The molecule has 8 nitrogen and oxygen atoms in total. The second kappa shape index (κ2) is 15.2. The molecule has 0 aliphatic heterocycles. The number of hydrazine groups is 1. The van der Waals surface area contributed by atoms with E-state index in [9.17, 15) is 0 Å². The van der Waals surface area contributed by atoms with E-state index in [-0.39, 0.29) is 0 Å². The van der Waals surface area contributed by atoms with Gasteiger partial charge in [-0.25, -0.2) is 15.8 Å². The molecule has 0 bridgehead atoms. The Morgan fingerprint density at radius 3 is 2.43 bits per heavy atom. The lowest BCUT2D eigenvalue weighted by atomic mass is 10.5. The molecule has 88 valence electrons. The van der Waals surface area contributed by atoms with Crippen molar-refractivity contribution >= 4 is 0 Å². The van der Waals surface area contributed by atoms with Crippen LogP contribution in [0, 0.1) is 0 Å². The number of nitrogens with two attached hydrogens (primary N) is 2. The fraction of sp³-hybridized carbons (Fsp3) is 1.00. The van der Waals surface area contributed by atoms with Crippen molar-refractivity contribution in [3.8, 4) is 0 Å². The first kappa shape index (κ1) is 16.1. The summed E-state index contributed by atoms with van der Waals surface area (Å²) in [7, 11) is 3.32. The summed E-state index contributed by atoms with van der Waals surface area (Å²) in [4.78, 5) is 8.92. The fourth-order valence-electron chi connectivity index (χ4n) is 0.696.